The van der Waals surface area contributed by atoms with Gasteiger partial charge in [0.15, 0.2) is 0 Å². The largest absolute Gasteiger partial charge is 1.00 e. The van der Waals surface area contributed by atoms with Crippen molar-refractivity contribution < 1.29 is 41.0 Å². The zero-order valence-corrected chi connectivity index (χ0v) is 17.9. The monoisotopic (exact) mass is 324 g/mol. The molecule has 0 unspecified atom stereocenters. The van der Waals surface area contributed by atoms with Gasteiger partial charge in [-0.1, -0.05) is 0 Å². The number of hydrogen-bond acceptors (Lipinski definition) is 4. The normalized spacial score (nSPS) is 8.00. The molecule has 2 rings (SSSR count). The molecule has 0 aliphatic carbocycles. The van der Waals surface area contributed by atoms with Crippen LogP contribution in [0.4, 0.5) is 0 Å². The Bertz CT molecular complexity index is 371. The second-order valence-electron chi connectivity index (χ2n) is 3.76. The number of rotatable bonds is 3. The maximum absolute atomic E-state index is 4.97. The fraction of sp³-hybridized carbons (Fsp3) is 0.286. The summed E-state index contributed by atoms with van der Waals surface area (Å²) in [6.07, 6.45) is 7.15. The minimum absolute atomic E-state index is 0. The van der Waals surface area contributed by atoms with Gasteiger partial charge in [-0.05, 0) is 35.4 Å². The van der Waals surface area contributed by atoms with E-state index < -0.39 is 0 Å². The van der Waals surface area contributed by atoms with Crippen LogP contribution in [0.2, 0.25) is 0 Å². The molecule has 2 heterocycles. The van der Waals surface area contributed by atoms with Crippen molar-refractivity contribution in [2.75, 3.05) is 26.2 Å². The Kier molecular flexibility index (Phi) is 26.0. The molecule has 0 aliphatic rings. The Morgan fingerprint density at radius 2 is 0.955 bits per heavy atom. The molecule has 0 fully saturated rings. The topological polar surface area (TPSA) is 133 Å². The number of hydrogen-bond donors (Lipinski definition) is 4. The van der Waals surface area contributed by atoms with Crippen LogP contribution in [0.15, 0.2) is 49.1 Å². The van der Waals surface area contributed by atoms with Crippen molar-refractivity contribution >= 4 is 29.6 Å². The Morgan fingerprint density at radius 3 is 1.14 bits per heavy atom. The molecule has 0 aliphatic heterocycles. The molecule has 111 valence electrons. The van der Waals surface area contributed by atoms with Crippen LogP contribution in [0.5, 0.6) is 0 Å². The van der Waals surface area contributed by atoms with Crippen LogP contribution in [0, 0.1) is 0 Å². The molecule has 22 heavy (non-hydrogen) atoms. The molecule has 1 radical (unpaired) electrons. The summed E-state index contributed by atoms with van der Waals surface area (Å²) in [7, 11) is 0. The SMILES string of the molecule is NCC[NH3+].NCC[NH3+].[Na+].[Na].c1cc(-c2ccncc2)ccn1. The van der Waals surface area contributed by atoms with Gasteiger partial charge >= 0.3 is 29.6 Å². The van der Waals surface area contributed by atoms with Gasteiger partial charge in [0, 0.05) is 67.4 Å². The standard InChI is InChI=1S/C10H8N2.2C2H8N2.2Na/c1-5-11-6-2-9(1)10-3-7-12-8-4-10;2*3-1-2-4;;/h1-8H;2*1-4H2;;/q;;;;+1/p+2. The summed E-state index contributed by atoms with van der Waals surface area (Å²) in [5.74, 6) is 0. The summed E-state index contributed by atoms with van der Waals surface area (Å²) in [6, 6.07) is 7.93. The van der Waals surface area contributed by atoms with Crippen LogP contribution in [-0.4, -0.2) is 65.7 Å². The van der Waals surface area contributed by atoms with Gasteiger partial charge in [-0.15, -0.1) is 0 Å². The molecule has 2 aromatic heterocycles. The van der Waals surface area contributed by atoms with E-state index in [1.807, 2.05) is 24.3 Å². The van der Waals surface area contributed by atoms with Crippen LogP contribution >= 0.6 is 0 Å². The molecule has 0 bridgehead atoms. The molecule has 0 atom stereocenters. The molecular weight excluding hydrogens is 298 g/mol. The summed E-state index contributed by atoms with van der Waals surface area (Å²) in [4.78, 5) is 7.91. The smallest absolute Gasteiger partial charge is 0.357 e. The first-order valence-electron chi connectivity index (χ1n) is 6.59. The van der Waals surface area contributed by atoms with Crippen molar-refractivity contribution in [3.63, 3.8) is 0 Å². The van der Waals surface area contributed by atoms with Crippen LogP contribution in [0.3, 0.4) is 0 Å². The molecule has 10 N–H and O–H groups in total. The van der Waals surface area contributed by atoms with Crippen LogP contribution < -0.4 is 52.5 Å². The van der Waals surface area contributed by atoms with E-state index in [-0.39, 0.29) is 59.1 Å². The summed E-state index contributed by atoms with van der Waals surface area (Å²) >= 11 is 0. The maximum Gasteiger partial charge on any atom is 1.00 e. The molecule has 0 aromatic carbocycles. The fourth-order valence-corrected chi connectivity index (χ4v) is 1.09. The van der Waals surface area contributed by atoms with Crippen molar-refractivity contribution in [3.05, 3.63) is 49.1 Å². The van der Waals surface area contributed by atoms with E-state index in [1.54, 1.807) is 24.8 Å². The third kappa shape index (κ3) is 15.1. The first-order valence-corrected chi connectivity index (χ1v) is 6.59. The Morgan fingerprint density at radius 1 is 0.727 bits per heavy atom. The van der Waals surface area contributed by atoms with Gasteiger partial charge in [0.1, 0.15) is 0 Å². The van der Waals surface area contributed by atoms with E-state index in [0.717, 1.165) is 13.1 Å². The van der Waals surface area contributed by atoms with Crippen LogP contribution in [0.25, 0.3) is 11.1 Å². The predicted octanol–water partition coefficient (Wildman–Crippen LogP) is -4.86. The zero-order valence-electron chi connectivity index (χ0n) is 13.9. The molecule has 0 saturated carbocycles. The van der Waals surface area contributed by atoms with E-state index >= 15 is 0 Å². The minimum Gasteiger partial charge on any atom is -0.357 e. The number of quaternary nitrogens is 2. The zero-order chi connectivity index (χ0) is 15.1. The summed E-state index contributed by atoms with van der Waals surface area (Å²) in [5.41, 5.74) is 19.2. The first-order chi connectivity index (χ1) is 9.79. The molecule has 6 nitrogen and oxygen atoms in total. The van der Waals surface area contributed by atoms with E-state index in [2.05, 4.69) is 21.4 Å². The third-order valence-electron chi connectivity index (χ3n) is 2.10. The number of aromatic nitrogens is 2. The molecule has 0 saturated heterocycles. The quantitative estimate of drug-likeness (QED) is 0.421. The van der Waals surface area contributed by atoms with Crippen molar-refractivity contribution in [3.8, 4) is 11.1 Å². The van der Waals surface area contributed by atoms with Gasteiger partial charge in [-0.25, -0.2) is 0 Å². The van der Waals surface area contributed by atoms with E-state index in [9.17, 15) is 0 Å². The average Bonchev–Trinajstić information content (AvgIpc) is 2.57. The van der Waals surface area contributed by atoms with Crippen LogP contribution in [-0.2, 0) is 0 Å². The minimum atomic E-state index is 0. The van der Waals surface area contributed by atoms with Crippen molar-refractivity contribution in [2.45, 2.75) is 0 Å². The van der Waals surface area contributed by atoms with Gasteiger partial charge in [0.25, 0.3) is 0 Å². The van der Waals surface area contributed by atoms with Gasteiger partial charge in [-0.2, -0.15) is 0 Å². The number of nitrogens with two attached hydrogens (primary N) is 2. The molecule has 0 spiro atoms. The van der Waals surface area contributed by atoms with Crippen molar-refractivity contribution in [1.29, 1.82) is 0 Å². The molecular formula is C14H26N6Na2+3. The maximum atomic E-state index is 4.97. The Labute approximate surface area is 177 Å². The van der Waals surface area contributed by atoms with Crippen LogP contribution in [0.1, 0.15) is 0 Å². The van der Waals surface area contributed by atoms with Crippen molar-refractivity contribution in [2.24, 2.45) is 11.5 Å². The van der Waals surface area contributed by atoms with Gasteiger partial charge in [0.05, 0.1) is 13.1 Å². The summed E-state index contributed by atoms with van der Waals surface area (Å²) in [5, 5.41) is 0. The second-order valence-corrected chi connectivity index (χ2v) is 3.76. The predicted molar refractivity (Wildman–Crippen MR) is 86.8 cm³/mol. The molecule has 2 aromatic rings. The van der Waals surface area contributed by atoms with E-state index in [1.165, 1.54) is 11.1 Å². The van der Waals surface area contributed by atoms with E-state index in [4.69, 9.17) is 11.5 Å². The first kappa shape index (κ1) is 27.0. The summed E-state index contributed by atoms with van der Waals surface area (Å²) < 4.78 is 0. The van der Waals surface area contributed by atoms with E-state index in [0.29, 0.717) is 13.1 Å². The molecule has 8 heteroatoms. The van der Waals surface area contributed by atoms with Crippen molar-refractivity contribution in [1.82, 2.24) is 9.97 Å². The molecule has 0 amide bonds. The number of nitrogens with zero attached hydrogens (tertiary/aromatic N) is 2. The number of pyridine rings is 2. The fourth-order valence-electron chi connectivity index (χ4n) is 1.09. The third-order valence-corrected chi connectivity index (χ3v) is 2.10. The van der Waals surface area contributed by atoms with Gasteiger partial charge < -0.3 is 22.9 Å². The van der Waals surface area contributed by atoms with Gasteiger partial charge in [0.2, 0.25) is 0 Å². The second kappa shape index (κ2) is 21.1. The van der Waals surface area contributed by atoms with Gasteiger partial charge in [-0.3, -0.25) is 9.97 Å². The summed E-state index contributed by atoms with van der Waals surface area (Å²) in [6.45, 7) is 3.11. The average molecular weight is 324 g/mol. The Hall–Kier alpha value is 0.140. The Balaban J connectivity index is -0.000000310.